The van der Waals surface area contributed by atoms with Gasteiger partial charge in [0, 0.05) is 10.0 Å². The first-order chi connectivity index (χ1) is 6.25. The van der Waals surface area contributed by atoms with Gasteiger partial charge in [0.1, 0.15) is 5.76 Å². The van der Waals surface area contributed by atoms with Gasteiger partial charge >= 0.3 is 5.97 Å². The Hall–Kier alpha value is -1.09. The molecule has 0 saturated heterocycles. The number of rotatable bonds is 1. The maximum Gasteiger partial charge on any atom is 0.315 e. The number of halogens is 1. The smallest absolute Gasteiger partial charge is 0.315 e. The first-order valence-electron chi connectivity index (χ1n) is 3.92. The molecule has 0 amide bonds. The lowest BCUT2D eigenvalue weighted by atomic mass is 10.2. The predicted octanol–water partition coefficient (Wildman–Crippen LogP) is 2.74. The summed E-state index contributed by atoms with van der Waals surface area (Å²) in [4.78, 5) is 10.8. The van der Waals surface area contributed by atoms with Crippen molar-refractivity contribution in [3.63, 3.8) is 0 Å². The van der Waals surface area contributed by atoms with E-state index in [0.717, 1.165) is 10.0 Å². The van der Waals surface area contributed by atoms with E-state index in [4.69, 9.17) is 4.74 Å². The molecule has 2 nitrogen and oxygen atoms in total. The van der Waals surface area contributed by atoms with Gasteiger partial charge in [0.25, 0.3) is 0 Å². The zero-order valence-electron chi connectivity index (χ0n) is 6.79. The molecule has 1 aromatic rings. The summed E-state index contributed by atoms with van der Waals surface area (Å²) >= 11 is 3.36. The second-order valence-electron chi connectivity index (χ2n) is 2.76. The molecule has 0 atom stereocenters. The highest BCUT2D eigenvalue weighted by Crippen LogP contribution is 2.24. The molecule has 1 heterocycles. The Morgan fingerprint density at radius 3 is 2.85 bits per heavy atom. The molecule has 0 fully saturated rings. The van der Waals surface area contributed by atoms with Gasteiger partial charge in [-0.2, -0.15) is 0 Å². The minimum atomic E-state index is -0.185. The van der Waals surface area contributed by atoms with Crippen molar-refractivity contribution in [1.29, 1.82) is 0 Å². The van der Waals surface area contributed by atoms with E-state index in [1.807, 2.05) is 24.3 Å². The standard InChI is InChI=1S/C10H7BrO2/c11-8-3-1-2-7(6-8)9-4-5-10(12)13-9/h1-4,6H,5H2. The molecule has 0 unspecified atom stereocenters. The number of hydrogen-bond acceptors (Lipinski definition) is 2. The summed E-state index contributed by atoms with van der Waals surface area (Å²) in [5.41, 5.74) is 0.931. The Balaban J connectivity index is 2.31. The van der Waals surface area contributed by atoms with E-state index in [0.29, 0.717) is 12.2 Å². The number of esters is 1. The third-order valence-corrected chi connectivity index (χ3v) is 2.28. The van der Waals surface area contributed by atoms with Crippen molar-refractivity contribution >= 4 is 27.7 Å². The van der Waals surface area contributed by atoms with Crippen LogP contribution in [0.2, 0.25) is 0 Å². The number of carbonyl (C=O) groups is 1. The topological polar surface area (TPSA) is 26.3 Å². The summed E-state index contributed by atoms with van der Waals surface area (Å²) in [6, 6.07) is 7.67. The fraction of sp³-hybridized carbons (Fsp3) is 0.100. The van der Waals surface area contributed by atoms with Crippen LogP contribution in [-0.4, -0.2) is 5.97 Å². The van der Waals surface area contributed by atoms with Gasteiger partial charge in [-0.15, -0.1) is 0 Å². The molecule has 1 aromatic carbocycles. The van der Waals surface area contributed by atoms with Crippen LogP contribution < -0.4 is 0 Å². The van der Waals surface area contributed by atoms with Gasteiger partial charge in [0.2, 0.25) is 0 Å². The highest BCUT2D eigenvalue weighted by Gasteiger charge is 2.15. The summed E-state index contributed by atoms with van der Waals surface area (Å²) in [6.45, 7) is 0. The van der Waals surface area contributed by atoms with Crippen LogP contribution in [0.5, 0.6) is 0 Å². The van der Waals surface area contributed by atoms with Crippen molar-refractivity contribution in [2.45, 2.75) is 6.42 Å². The average Bonchev–Trinajstić information content (AvgIpc) is 2.52. The van der Waals surface area contributed by atoms with E-state index in [1.54, 1.807) is 6.08 Å². The Kier molecular flexibility index (Phi) is 2.19. The molecule has 0 aromatic heterocycles. The highest BCUT2D eigenvalue weighted by atomic mass is 79.9. The third kappa shape index (κ3) is 1.80. The molecule has 0 aliphatic carbocycles. The van der Waals surface area contributed by atoms with Gasteiger partial charge in [-0.1, -0.05) is 28.1 Å². The lowest BCUT2D eigenvalue weighted by Crippen LogP contribution is -1.93. The second-order valence-corrected chi connectivity index (χ2v) is 3.67. The maximum atomic E-state index is 10.8. The van der Waals surface area contributed by atoms with Crippen LogP contribution in [0, 0.1) is 0 Å². The minimum Gasteiger partial charge on any atom is -0.426 e. The Morgan fingerprint density at radius 2 is 2.23 bits per heavy atom. The lowest BCUT2D eigenvalue weighted by molar-refractivity contribution is -0.134. The Morgan fingerprint density at radius 1 is 1.38 bits per heavy atom. The van der Waals surface area contributed by atoms with Gasteiger partial charge in [-0.25, -0.2) is 0 Å². The second kappa shape index (κ2) is 3.34. The zero-order valence-corrected chi connectivity index (χ0v) is 8.37. The van der Waals surface area contributed by atoms with Crippen LogP contribution in [0.3, 0.4) is 0 Å². The predicted molar refractivity (Wildman–Crippen MR) is 52.8 cm³/mol. The third-order valence-electron chi connectivity index (χ3n) is 1.79. The van der Waals surface area contributed by atoms with Crippen molar-refractivity contribution in [3.05, 3.63) is 40.4 Å². The van der Waals surface area contributed by atoms with Crippen LogP contribution in [-0.2, 0) is 9.53 Å². The van der Waals surface area contributed by atoms with Gasteiger partial charge in [-0.05, 0) is 18.2 Å². The van der Waals surface area contributed by atoms with Crippen molar-refractivity contribution in [3.8, 4) is 0 Å². The summed E-state index contributed by atoms with van der Waals surface area (Å²) in [5.74, 6) is 0.473. The molecule has 0 radical (unpaired) electrons. The van der Waals surface area contributed by atoms with E-state index in [9.17, 15) is 4.79 Å². The first kappa shape index (κ1) is 8.51. The first-order valence-corrected chi connectivity index (χ1v) is 4.72. The Bertz CT molecular complexity index is 382. The number of cyclic esters (lactones) is 1. The average molecular weight is 239 g/mol. The van der Waals surface area contributed by atoms with Gasteiger partial charge in [0.05, 0.1) is 6.42 Å². The number of benzene rings is 1. The van der Waals surface area contributed by atoms with Crippen LogP contribution >= 0.6 is 15.9 Å². The summed E-state index contributed by atoms with van der Waals surface area (Å²) in [6.07, 6.45) is 2.17. The fourth-order valence-corrected chi connectivity index (χ4v) is 1.60. The summed E-state index contributed by atoms with van der Waals surface area (Å²) in [7, 11) is 0. The largest absolute Gasteiger partial charge is 0.426 e. The molecule has 2 rings (SSSR count). The van der Waals surface area contributed by atoms with Gasteiger partial charge in [0.15, 0.2) is 0 Å². The monoisotopic (exact) mass is 238 g/mol. The van der Waals surface area contributed by atoms with Crippen molar-refractivity contribution in [2.24, 2.45) is 0 Å². The molecule has 0 spiro atoms. The molecule has 3 heteroatoms. The molecule has 1 aliphatic rings. The zero-order chi connectivity index (χ0) is 9.26. The number of ether oxygens (including phenoxy) is 1. The molecule has 66 valence electrons. The lowest BCUT2D eigenvalue weighted by Gasteiger charge is -2.01. The van der Waals surface area contributed by atoms with E-state index < -0.39 is 0 Å². The van der Waals surface area contributed by atoms with Crippen LogP contribution in [0.25, 0.3) is 5.76 Å². The van der Waals surface area contributed by atoms with Crippen molar-refractivity contribution in [1.82, 2.24) is 0 Å². The van der Waals surface area contributed by atoms with E-state index in [2.05, 4.69) is 15.9 Å². The normalized spacial score (nSPS) is 15.5. The van der Waals surface area contributed by atoms with E-state index in [1.165, 1.54) is 0 Å². The maximum absolute atomic E-state index is 10.8. The molecule has 0 saturated carbocycles. The Labute approximate surface area is 84.3 Å². The quantitative estimate of drug-likeness (QED) is 0.704. The molecule has 13 heavy (non-hydrogen) atoms. The van der Waals surface area contributed by atoms with Crippen LogP contribution in [0.1, 0.15) is 12.0 Å². The SMILES string of the molecule is O=C1CC=C(c2cccc(Br)c2)O1. The van der Waals surface area contributed by atoms with Crippen molar-refractivity contribution < 1.29 is 9.53 Å². The van der Waals surface area contributed by atoms with Crippen molar-refractivity contribution in [2.75, 3.05) is 0 Å². The van der Waals surface area contributed by atoms with Crippen LogP contribution in [0.4, 0.5) is 0 Å². The molecule has 0 bridgehead atoms. The molecular weight excluding hydrogens is 232 g/mol. The molecule has 1 aliphatic heterocycles. The fourth-order valence-electron chi connectivity index (χ4n) is 1.20. The number of hydrogen-bond donors (Lipinski definition) is 0. The van der Waals surface area contributed by atoms with E-state index >= 15 is 0 Å². The van der Waals surface area contributed by atoms with E-state index in [-0.39, 0.29) is 5.97 Å². The number of carbonyl (C=O) groups excluding carboxylic acids is 1. The molecular formula is C10H7BrO2. The minimum absolute atomic E-state index is 0.185. The van der Waals surface area contributed by atoms with Gasteiger partial charge < -0.3 is 4.74 Å². The summed E-state index contributed by atoms with van der Waals surface area (Å²) < 4.78 is 5.98. The van der Waals surface area contributed by atoms with Gasteiger partial charge in [-0.3, -0.25) is 4.79 Å². The summed E-state index contributed by atoms with van der Waals surface area (Å²) in [5, 5.41) is 0. The molecule has 0 N–H and O–H groups in total. The highest BCUT2D eigenvalue weighted by molar-refractivity contribution is 9.10. The van der Waals surface area contributed by atoms with Crippen LogP contribution in [0.15, 0.2) is 34.8 Å².